The third-order valence-electron chi connectivity index (χ3n) is 4.61. The van der Waals surface area contributed by atoms with Gasteiger partial charge in [-0.1, -0.05) is 6.07 Å². The maximum absolute atomic E-state index is 10.6. The zero-order valence-corrected chi connectivity index (χ0v) is 17.5. The topological polar surface area (TPSA) is 109 Å². The number of pyridine rings is 1. The van der Waals surface area contributed by atoms with Crippen LogP contribution in [0.25, 0.3) is 0 Å². The number of carboxylic acids is 2. The summed E-state index contributed by atoms with van der Waals surface area (Å²) in [6.07, 6.45) is -4.95. The lowest BCUT2D eigenvalue weighted by Crippen LogP contribution is -2.63. The molecule has 0 radical (unpaired) electrons. The van der Waals surface area contributed by atoms with E-state index in [1.165, 1.54) is 6.42 Å². The van der Waals surface area contributed by atoms with Crippen LogP contribution in [0, 0.1) is 5.92 Å². The summed E-state index contributed by atoms with van der Waals surface area (Å²) in [5, 5.41) is 14.2. The van der Waals surface area contributed by atoms with Crippen molar-refractivity contribution in [2.45, 2.75) is 37.2 Å². The van der Waals surface area contributed by atoms with Crippen molar-refractivity contribution in [2.75, 3.05) is 33.4 Å². The van der Waals surface area contributed by atoms with Gasteiger partial charge in [-0.15, -0.1) is 0 Å². The molecule has 2 N–H and O–H groups in total. The van der Waals surface area contributed by atoms with E-state index < -0.39 is 24.3 Å². The molecule has 188 valence electrons. The molecule has 2 aliphatic heterocycles. The van der Waals surface area contributed by atoms with Crippen molar-refractivity contribution in [2.24, 2.45) is 5.92 Å². The van der Waals surface area contributed by atoms with E-state index in [0.717, 1.165) is 50.9 Å². The van der Waals surface area contributed by atoms with Crippen LogP contribution < -0.4 is 4.74 Å². The Morgan fingerprint density at radius 3 is 2.12 bits per heavy atom. The summed E-state index contributed by atoms with van der Waals surface area (Å²) >= 11 is 0. The van der Waals surface area contributed by atoms with Crippen molar-refractivity contribution in [3.63, 3.8) is 0 Å². The second-order valence-electron chi connectivity index (χ2n) is 7.47. The first kappa shape index (κ1) is 28.4. The molecule has 1 spiro atoms. The lowest BCUT2D eigenvalue weighted by atomic mass is 9.79. The third-order valence-corrected chi connectivity index (χ3v) is 4.61. The second-order valence-corrected chi connectivity index (χ2v) is 7.47. The van der Waals surface area contributed by atoms with E-state index in [9.17, 15) is 26.3 Å². The molecule has 2 fully saturated rings. The van der Waals surface area contributed by atoms with Gasteiger partial charge in [-0.05, 0) is 38.3 Å². The fourth-order valence-corrected chi connectivity index (χ4v) is 3.30. The fraction of sp³-hybridized carbons (Fsp3) is 0.632. The number of aliphatic carboxylic acids is 2. The maximum Gasteiger partial charge on any atom is 0.490 e. The molecule has 3 heterocycles. The first-order valence-electron chi connectivity index (χ1n) is 9.61. The SMILES string of the molecule is CN1CC2(CC(CCOc3ccccn3)CCO2)C1.O=C(O)C(F)(F)F.O=C(O)C(F)(F)F. The monoisotopic (exact) mass is 490 g/mol. The summed E-state index contributed by atoms with van der Waals surface area (Å²) in [6, 6.07) is 5.77. The highest BCUT2D eigenvalue weighted by Gasteiger charge is 2.45. The van der Waals surface area contributed by atoms with Gasteiger partial charge in [-0.2, -0.15) is 26.3 Å². The van der Waals surface area contributed by atoms with Crippen LogP contribution in [0.4, 0.5) is 26.3 Å². The molecule has 3 rings (SSSR count). The van der Waals surface area contributed by atoms with Crippen LogP contribution in [0.15, 0.2) is 24.4 Å². The van der Waals surface area contributed by atoms with Gasteiger partial charge in [0.15, 0.2) is 0 Å². The number of nitrogens with zero attached hydrogens (tertiary/aromatic N) is 2. The predicted octanol–water partition coefficient (Wildman–Crippen LogP) is 3.23. The zero-order valence-electron chi connectivity index (χ0n) is 17.5. The van der Waals surface area contributed by atoms with Gasteiger partial charge in [0.2, 0.25) is 5.88 Å². The molecule has 0 aliphatic carbocycles. The van der Waals surface area contributed by atoms with Gasteiger partial charge in [0.05, 0.1) is 12.2 Å². The molecule has 2 saturated heterocycles. The smallest absolute Gasteiger partial charge is 0.478 e. The van der Waals surface area contributed by atoms with Crippen LogP contribution in [-0.2, 0) is 14.3 Å². The van der Waals surface area contributed by atoms with E-state index in [1.807, 2.05) is 18.2 Å². The molecule has 0 amide bonds. The quantitative estimate of drug-likeness (QED) is 0.620. The van der Waals surface area contributed by atoms with Crippen LogP contribution in [0.3, 0.4) is 0 Å². The number of halogens is 6. The van der Waals surface area contributed by atoms with Crippen molar-refractivity contribution in [3.05, 3.63) is 24.4 Å². The lowest BCUT2D eigenvalue weighted by molar-refractivity contribution is -0.193. The van der Waals surface area contributed by atoms with Gasteiger partial charge in [-0.25, -0.2) is 14.6 Å². The van der Waals surface area contributed by atoms with Crippen LogP contribution in [0.1, 0.15) is 19.3 Å². The molecule has 33 heavy (non-hydrogen) atoms. The molecule has 14 heteroatoms. The number of ether oxygens (including phenoxy) is 2. The first-order valence-corrected chi connectivity index (χ1v) is 9.61. The predicted molar refractivity (Wildman–Crippen MR) is 101 cm³/mol. The van der Waals surface area contributed by atoms with E-state index in [-0.39, 0.29) is 5.60 Å². The maximum atomic E-state index is 10.6. The summed E-state index contributed by atoms with van der Waals surface area (Å²) in [5.74, 6) is -4.06. The van der Waals surface area contributed by atoms with Gasteiger partial charge in [-0.3, -0.25) is 0 Å². The van der Waals surface area contributed by atoms with E-state index in [4.69, 9.17) is 29.3 Å². The van der Waals surface area contributed by atoms with Crippen LogP contribution in [-0.4, -0.2) is 83.3 Å². The highest BCUT2D eigenvalue weighted by atomic mass is 19.4. The Bertz CT molecular complexity index is 724. The summed E-state index contributed by atoms with van der Waals surface area (Å²) in [4.78, 5) is 24.3. The molecule has 0 aromatic carbocycles. The highest BCUT2D eigenvalue weighted by Crippen LogP contribution is 2.37. The second kappa shape index (κ2) is 12.0. The zero-order chi connectivity index (χ0) is 25.3. The molecule has 2 aliphatic rings. The lowest BCUT2D eigenvalue weighted by Gasteiger charge is -2.52. The molecule has 1 aromatic heterocycles. The molecule has 1 aromatic rings. The van der Waals surface area contributed by atoms with Crippen molar-refractivity contribution >= 4 is 11.9 Å². The average Bonchev–Trinajstić information content (AvgIpc) is 2.67. The van der Waals surface area contributed by atoms with Crippen LogP contribution >= 0.6 is 0 Å². The molecule has 8 nitrogen and oxygen atoms in total. The number of likely N-dealkylation sites (tertiary alicyclic amines) is 1. The number of aromatic nitrogens is 1. The number of hydrogen-bond acceptors (Lipinski definition) is 6. The summed E-state index contributed by atoms with van der Waals surface area (Å²) in [6.45, 7) is 3.84. The van der Waals surface area contributed by atoms with E-state index >= 15 is 0 Å². The first-order chi connectivity index (χ1) is 15.1. The standard InChI is InChI=1S/C15H22N2O2.2C2HF3O2/c1-17-11-15(12-17)10-13(6-9-19-15)5-8-18-14-4-2-3-7-16-14;2*3-2(4,5)1(6)7/h2-4,7,13H,5-6,8-12H2,1H3;2*(H,6,7). The number of carboxylic acid groups (broad SMARTS) is 2. The minimum atomic E-state index is -5.08. The largest absolute Gasteiger partial charge is 0.490 e. The average molecular weight is 490 g/mol. The van der Waals surface area contributed by atoms with Crippen molar-refractivity contribution in [3.8, 4) is 5.88 Å². The van der Waals surface area contributed by atoms with Gasteiger partial charge < -0.3 is 24.6 Å². The van der Waals surface area contributed by atoms with E-state index in [1.54, 1.807) is 6.20 Å². The Hall–Kier alpha value is -2.61. The van der Waals surface area contributed by atoms with Gasteiger partial charge >= 0.3 is 24.3 Å². The molecule has 0 saturated carbocycles. The molecule has 1 atom stereocenters. The summed E-state index contributed by atoms with van der Waals surface area (Å²) in [5.41, 5.74) is 0.155. The number of likely N-dealkylation sites (N-methyl/N-ethyl adjacent to an activating group) is 1. The van der Waals surface area contributed by atoms with Crippen LogP contribution in [0.5, 0.6) is 5.88 Å². The minimum Gasteiger partial charge on any atom is -0.478 e. The van der Waals surface area contributed by atoms with Crippen molar-refractivity contribution in [1.29, 1.82) is 0 Å². The fourth-order valence-electron chi connectivity index (χ4n) is 3.30. The van der Waals surface area contributed by atoms with Crippen LogP contribution in [0.2, 0.25) is 0 Å². The number of alkyl halides is 6. The summed E-state index contributed by atoms with van der Waals surface area (Å²) < 4.78 is 75.1. The number of carbonyl (C=O) groups is 2. The molecular weight excluding hydrogens is 466 g/mol. The Labute approximate surface area is 185 Å². The Morgan fingerprint density at radius 1 is 1.15 bits per heavy atom. The highest BCUT2D eigenvalue weighted by molar-refractivity contribution is 5.73. The Kier molecular flexibility index (Phi) is 10.4. The van der Waals surface area contributed by atoms with E-state index in [2.05, 4.69) is 16.9 Å². The number of rotatable bonds is 4. The molecule has 1 unspecified atom stereocenters. The molecule has 0 bridgehead atoms. The van der Waals surface area contributed by atoms with Gasteiger partial charge in [0.1, 0.15) is 0 Å². The molecular formula is C19H24F6N2O6. The Balaban J connectivity index is 0.000000324. The van der Waals surface area contributed by atoms with Crippen molar-refractivity contribution < 1.29 is 55.6 Å². The number of hydrogen-bond donors (Lipinski definition) is 2. The normalized spacial score (nSPS) is 19.8. The third kappa shape index (κ3) is 10.7. The van der Waals surface area contributed by atoms with E-state index in [0.29, 0.717) is 0 Å². The van der Waals surface area contributed by atoms with Gasteiger partial charge in [0, 0.05) is 32.0 Å². The van der Waals surface area contributed by atoms with Crippen molar-refractivity contribution in [1.82, 2.24) is 9.88 Å². The Morgan fingerprint density at radius 2 is 1.70 bits per heavy atom. The minimum absolute atomic E-state index is 0.155. The van der Waals surface area contributed by atoms with Gasteiger partial charge in [0.25, 0.3) is 0 Å². The summed E-state index contributed by atoms with van der Waals surface area (Å²) in [7, 11) is 2.16.